The fourth-order valence-electron chi connectivity index (χ4n) is 2.17. The summed E-state index contributed by atoms with van der Waals surface area (Å²) in [6, 6.07) is 5.20. The summed E-state index contributed by atoms with van der Waals surface area (Å²) in [5, 5.41) is 3.31. The van der Waals surface area contributed by atoms with Gasteiger partial charge in [-0.05, 0) is 18.2 Å². The van der Waals surface area contributed by atoms with Gasteiger partial charge in [-0.2, -0.15) is 18.2 Å². The molecule has 26 heavy (non-hydrogen) atoms. The van der Waals surface area contributed by atoms with Gasteiger partial charge in [0.25, 0.3) is 0 Å². The number of rotatable bonds is 4. The number of hydrogen-bond acceptors (Lipinski definition) is 7. The number of alkyl halides is 3. The van der Waals surface area contributed by atoms with Crippen LogP contribution in [0.3, 0.4) is 0 Å². The zero-order valence-corrected chi connectivity index (χ0v) is 12.9. The molecule has 0 unspecified atom stereocenters. The maximum Gasteiger partial charge on any atom is 0.471 e. The molecule has 0 aliphatic rings. The lowest BCUT2D eigenvalue weighted by molar-refractivity contribution is -0.159. The molecule has 0 saturated heterocycles. The van der Waals surface area contributed by atoms with Gasteiger partial charge in [-0.15, -0.1) is 0 Å². The summed E-state index contributed by atoms with van der Waals surface area (Å²) in [5.74, 6) is -1.60. The lowest BCUT2D eigenvalue weighted by Gasteiger charge is -2.06. The zero-order valence-electron chi connectivity index (χ0n) is 12.9. The van der Waals surface area contributed by atoms with Crippen LogP contribution in [0.1, 0.15) is 11.6 Å². The van der Waals surface area contributed by atoms with Crippen LogP contribution in [0.2, 0.25) is 0 Å². The van der Waals surface area contributed by atoms with Gasteiger partial charge in [0.05, 0.1) is 5.69 Å². The minimum atomic E-state index is -4.69. The van der Waals surface area contributed by atoms with Crippen LogP contribution in [0.25, 0.3) is 17.0 Å². The number of imidazole rings is 1. The van der Waals surface area contributed by atoms with E-state index in [2.05, 4.69) is 29.6 Å². The Morgan fingerprint density at radius 3 is 2.69 bits per heavy atom. The topological polar surface area (TPSA) is 91.2 Å². The number of aromatic nitrogens is 6. The van der Waals surface area contributed by atoms with Gasteiger partial charge in [-0.1, -0.05) is 5.16 Å². The van der Waals surface area contributed by atoms with E-state index in [0.29, 0.717) is 22.9 Å². The van der Waals surface area contributed by atoms with Gasteiger partial charge in [0.2, 0.25) is 5.82 Å². The van der Waals surface area contributed by atoms with E-state index in [4.69, 9.17) is 4.74 Å². The van der Waals surface area contributed by atoms with E-state index in [9.17, 15) is 13.2 Å². The van der Waals surface area contributed by atoms with Crippen LogP contribution < -0.4 is 4.74 Å². The Hall–Kier alpha value is -3.50. The fraction of sp³-hybridized carbons (Fsp3) is 0.133. The summed E-state index contributed by atoms with van der Waals surface area (Å²) in [4.78, 5) is 15.7. The van der Waals surface area contributed by atoms with E-state index >= 15 is 0 Å². The van der Waals surface area contributed by atoms with E-state index in [-0.39, 0.29) is 12.4 Å². The SMILES string of the molecule is FC(F)(F)c1nc(-c2ccc(COc3nccc4nccn34)nc2)no1. The van der Waals surface area contributed by atoms with Crippen LogP contribution in [0.4, 0.5) is 13.2 Å². The minimum Gasteiger partial charge on any atom is -0.458 e. The highest BCUT2D eigenvalue weighted by Gasteiger charge is 2.38. The number of hydrogen-bond donors (Lipinski definition) is 0. The smallest absolute Gasteiger partial charge is 0.458 e. The second-order valence-electron chi connectivity index (χ2n) is 5.13. The molecular weight excluding hydrogens is 353 g/mol. The summed E-state index contributed by atoms with van der Waals surface area (Å²) in [6.07, 6.45) is 1.56. The molecule has 4 aromatic heterocycles. The highest BCUT2D eigenvalue weighted by molar-refractivity contribution is 5.52. The van der Waals surface area contributed by atoms with Crippen molar-refractivity contribution in [2.75, 3.05) is 0 Å². The summed E-state index contributed by atoms with van der Waals surface area (Å²) in [5.41, 5.74) is 1.53. The highest BCUT2D eigenvalue weighted by Crippen LogP contribution is 2.29. The average molecular weight is 362 g/mol. The summed E-state index contributed by atoms with van der Waals surface area (Å²) in [7, 11) is 0. The molecule has 0 aliphatic carbocycles. The van der Waals surface area contributed by atoms with Crippen molar-refractivity contribution in [3.05, 3.63) is 54.6 Å². The molecule has 0 bridgehead atoms. The Morgan fingerprint density at radius 2 is 1.96 bits per heavy atom. The van der Waals surface area contributed by atoms with Crippen LogP contribution in [0.5, 0.6) is 6.01 Å². The minimum absolute atomic E-state index is 0.116. The largest absolute Gasteiger partial charge is 0.471 e. The van der Waals surface area contributed by atoms with Crippen LogP contribution in [-0.2, 0) is 12.8 Å². The van der Waals surface area contributed by atoms with E-state index in [1.165, 1.54) is 12.3 Å². The van der Waals surface area contributed by atoms with Crippen LogP contribution in [0, 0.1) is 0 Å². The maximum absolute atomic E-state index is 12.5. The Labute approximate surface area is 143 Å². The van der Waals surface area contributed by atoms with Crippen molar-refractivity contribution in [1.29, 1.82) is 0 Å². The van der Waals surface area contributed by atoms with Crippen molar-refractivity contribution < 1.29 is 22.4 Å². The van der Waals surface area contributed by atoms with Crippen molar-refractivity contribution in [3.8, 4) is 17.4 Å². The molecule has 4 rings (SSSR count). The number of nitrogens with zero attached hydrogens (tertiary/aromatic N) is 6. The van der Waals surface area contributed by atoms with Crippen molar-refractivity contribution >= 4 is 5.65 Å². The fourth-order valence-corrected chi connectivity index (χ4v) is 2.17. The first-order chi connectivity index (χ1) is 12.5. The summed E-state index contributed by atoms with van der Waals surface area (Å²) >= 11 is 0. The predicted octanol–water partition coefficient (Wildman–Crippen LogP) is 2.77. The molecular formula is C15H9F3N6O2. The molecule has 11 heteroatoms. The molecule has 4 heterocycles. The van der Waals surface area contributed by atoms with Gasteiger partial charge in [0, 0.05) is 30.4 Å². The van der Waals surface area contributed by atoms with E-state index < -0.39 is 12.1 Å². The Morgan fingerprint density at radius 1 is 1.08 bits per heavy atom. The van der Waals surface area contributed by atoms with Crippen molar-refractivity contribution in [2.45, 2.75) is 12.8 Å². The molecule has 0 atom stereocenters. The first kappa shape index (κ1) is 16.0. The van der Waals surface area contributed by atoms with Gasteiger partial charge in [-0.25, -0.2) is 9.97 Å². The molecule has 0 spiro atoms. The first-order valence-electron chi connectivity index (χ1n) is 7.28. The van der Waals surface area contributed by atoms with Crippen LogP contribution in [-0.4, -0.2) is 29.5 Å². The Bertz CT molecular complexity index is 1040. The van der Waals surface area contributed by atoms with Crippen LogP contribution in [0.15, 0.2) is 47.5 Å². The summed E-state index contributed by atoms with van der Waals surface area (Å²) in [6.45, 7) is 0.116. The van der Waals surface area contributed by atoms with Crippen LogP contribution >= 0.6 is 0 Å². The van der Waals surface area contributed by atoms with Gasteiger partial charge in [-0.3, -0.25) is 9.38 Å². The van der Waals surface area contributed by atoms with Crippen molar-refractivity contribution in [3.63, 3.8) is 0 Å². The maximum atomic E-state index is 12.5. The molecule has 8 nitrogen and oxygen atoms in total. The number of ether oxygens (including phenoxy) is 1. The van der Waals surface area contributed by atoms with Crippen molar-refractivity contribution in [1.82, 2.24) is 29.5 Å². The molecule has 0 saturated carbocycles. The number of halogens is 3. The predicted molar refractivity (Wildman–Crippen MR) is 79.9 cm³/mol. The lowest BCUT2D eigenvalue weighted by atomic mass is 10.2. The molecule has 0 amide bonds. The van der Waals surface area contributed by atoms with E-state index in [1.54, 1.807) is 35.1 Å². The van der Waals surface area contributed by atoms with E-state index in [0.717, 1.165) is 0 Å². The number of pyridine rings is 1. The Kier molecular flexibility index (Phi) is 3.75. The molecule has 0 aromatic carbocycles. The molecule has 0 radical (unpaired) electrons. The van der Waals surface area contributed by atoms with Gasteiger partial charge < -0.3 is 9.26 Å². The average Bonchev–Trinajstić information content (AvgIpc) is 3.29. The molecule has 132 valence electrons. The third-order valence-electron chi connectivity index (χ3n) is 3.38. The van der Waals surface area contributed by atoms with Gasteiger partial charge >= 0.3 is 18.1 Å². The zero-order chi connectivity index (χ0) is 18.1. The summed E-state index contributed by atoms with van der Waals surface area (Å²) < 4.78 is 48.9. The monoisotopic (exact) mass is 362 g/mol. The second kappa shape index (κ2) is 6.10. The third kappa shape index (κ3) is 3.06. The lowest BCUT2D eigenvalue weighted by Crippen LogP contribution is -2.05. The molecule has 0 fully saturated rings. The molecule has 4 aromatic rings. The van der Waals surface area contributed by atoms with Gasteiger partial charge in [0.1, 0.15) is 12.3 Å². The highest BCUT2D eigenvalue weighted by atomic mass is 19.4. The third-order valence-corrected chi connectivity index (χ3v) is 3.38. The Balaban J connectivity index is 1.48. The van der Waals surface area contributed by atoms with E-state index in [1.807, 2.05) is 0 Å². The quantitative estimate of drug-likeness (QED) is 0.551. The molecule has 0 aliphatic heterocycles. The standard InChI is InChI=1S/C15H9F3N6O2/c16-15(17,18)13-22-12(23-26-13)9-1-2-10(21-7-9)8-25-14-20-4-3-11-19-5-6-24(11)14/h1-7H,8H2. The molecule has 0 N–H and O–H groups in total. The normalized spacial score (nSPS) is 11.8. The van der Waals surface area contributed by atoms with Gasteiger partial charge in [0.15, 0.2) is 0 Å². The first-order valence-corrected chi connectivity index (χ1v) is 7.28. The second-order valence-corrected chi connectivity index (χ2v) is 5.13. The number of fused-ring (bicyclic) bond motifs is 1. The van der Waals surface area contributed by atoms with Crippen molar-refractivity contribution in [2.24, 2.45) is 0 Å².